The highest BCUT2D eigenvalue weighted by Gasteiger charge is 2.16. The summed E-state index contributed by atoms with van der Waals surface area (Å²) in [5.74, 6) is 0.911. The first-order chi connectivity index (χ1) is 13.2. The Morgan fingerprint density at radius 1 is 1.07 bits per heavy atom. The smallest absolute Gasteiger partial charge is 0.130 e. The Morgan fingerprint density at radius 2 is 1.85 bits per heavy atom. The Kier molecular flexibility index (Phi) is 7.33. The van der Waals surface area contributed by atoms with Crippen molar-refractivity contribution in [1.29, 1.82) is 0 Å². The van der Waals surface area contributed by atoms with Crippen LogP contribution in [0, 0.1) is 6.92 Å². The minimum Gasteiger partial charge on any atom is -0.491 e. The molecule has 3 aromatic rings. The maximum absolute atomic E-state index is 6.20. The first-order valence-corrected chi connectivity index (χ1v) is 11.0. The van der Waals surface area contributed by atoms with Crippen LogP contribution >= 0.6 is 23.1 Å². The number of rotatable bonds is 9. The molecule has 0 unspecified atom stereocenters. The van der Waals surface area contributed by atoms with E-state index in [-0.39, 0.29) is 0 Å². The molecule has 3 rings (SSSR count). The lowest BCUT2D eigenvalue weighted by Gasteiger charge is -2.19. The topological polar surface area (TPSA) is 25.4 Å². The van der Waals surface area contributed by atoms with Gasteiger partial charge in [0, 0.05) is 27.9 Å². The maximum Gasteiger partial charge on any atom is 0.130 e. The summed E-state index contributed by atoms with van der Waals surface area (Å²) in [5.41, 5.74) is 2.37. The molecule has 0 fully saturated rings. The SMILES string of the molecule is CCN(CC)CCOc1cccc(Sc2ccc(C)cc2)c1-c1nccs1. The van der Waals surface area contributed by atoms with Gasteiger partial charge < -0.3 is 9.64 Å². The van der Waals surface area contributed by atoms with E-state index in [1.807, 2.05) is 11.6 Å². The van der Waals surface area contributed by atoms with Crippen LogP contribution in [0.2, 0.25) is 0 Å². The molecule has 0 saturated heterocycles. The second-order valence-electron chi connectivity index (χ2n) is 6.26. The molecule has 2 aromatic carbocycles. The number of hydrogen-bond donors (Lipinski definition) is 0. The van der Waals surface area contributed by atoms with Gasteiger partial charge in [-0.15, -0.1) is 11.3 Å². The van der Waals surface area contributed by atoms with Crippen LogP contribution in [0.15, 0.2) is 63.8 Å². The van der Waals surface area contributed by atoms with E-state index in [4.69, 9.17) is 4.74 Å². The van der Waals surface area contributed by atoms with E-state index < -0.39 is 0 Å². The number of aromatic nitrogens is 1. The number of ether oxygens (including phenoxy) is 1. The van der Waals surface area contributed by atoms with Crippen LogP contribution in [0.1, 0.15) is 19.4 Å². The second kappa shape index (κ2) is 9.93. The Hall–Kier alpha value is -1.82. The summed E-state index contributed by atoms with van der Waals surface area (Å²) >= 11 is 3.41. The van der Waals surface area contributed by atoms with Crippen molar-refractivity contribution in [2.45, 2.75) is 30.6 Å². The lowest BCUT2D eigenvalue weighted by Crippen LogP contribution is -2.28. The molecule has 142 valence electrons. The molecule has 0 saturated carbocycles. The minimum absolute atomic E-state index is 0.679. The van der Waals surface area contributed by atoms with Crippen LogP contribution in [0.3, 0.4) is 0 Å². The van der Waals surface area contributed by atoms with Crippen molar-refractivity contribution in [3.8, 4) is 16.3 Å². The third-order valence-electron chi connectivity index (χ3n) is 4.44. The highest BCUT2D eigenvalue weighted by Crippen LogP contribution is 2.42. The first kappa shape index (κ1) is 19.9. The van der Waals surface area contributed by atoms with Crippen LogP contribution < -0.4 is 4.74 Å². The number of nitrogens with zero attached hydrogens (tertiary/aromatic N) is 2. The molecular formula is C22H26N2OS2. The number of likely N-dealkylation sites (N-methyl/N-ethyl adjacent to an activating group) is 1. The molecule has 5 heteroatoms. The van der Waals surface area contributed by atoms with Crippen molar-refractivity contribution < 1.29 is 4.74 Å². The molecule has 1 aromatic heterocycles. The maximum atomic E-state index is 6.20. The molecule has 0 amide bonds. The fraction of sp³-hybridized carbons (Fsp3) is 0.318. The minimum atomic E-state index is 0.679. The molecule has 0 radical (unpaired) electrons. The Labute approximate surface area is 170 Å². The number of benzene rings is 2. The van der Waals surface area contributed by atoms with E-state index >= 15 is 0 Å². The Balaban J connectivity index is 1.86. The van der Waals surface area contributed by atoms with Crippen LogP contribution in [0.25, 0.3) is 10.6 Å². The van der Waals surface area contributed by atoms with Crippen molar-refractivity contribution in [3.63, 3.8) is 0 Å². The van der Waals surface area contributed by atoms with E-state index in [0.29, 0.717) is 6.61 Å². The molecule has 0 bridgehead atoms. The molecule has 0 aliphatic rings. The largest absolute Gasteiger partial charge is 0.491 e. The zero-order valence-electron chi connectivity index (χ0n) is 16.1. The average Bonchev–Trinajstić information content (AvgIpc) is 3.21. The van der Waals surface area contributed by atoms with Gasteiger partial charge in [0.25, 0.3) is 0 Å². The molecule has 3 nitrogen and oxygen atoms in total. The van der Waals surface area contributed by atoms with E-state index in [1.54, 1.807) is 23.1 Å². The monoisotopic (exact) mass is 398 g/mol. The summed E-state index contributed by atoms with van der Waals surface area (Å²) in [5, 5.41) is 3.02. The summed E-state index contributed by atoms with van der Waals surface area (Å²) in [4.78, 5) is 9.32. The van der Waals surface area contributed by atoms with Gasteiger partial charge in [-0.2, -0.15) is 0 Å². The van der Waals surface area contributed by atoms with Gasteiger partial charge >= 0.3 is 0 Å². The van der Waals surface area contributed by atoms with Crippen molar-refractivity contribution >= 4 is 23.1 Å². The molecule has 0 atom stereocenters. The predicted molar refractivity (Wildman–Crippen MR) is 116 cm³/mol. The predicted octanol–water partition coefficient (Wildman–Crippen LogP) is 5.99. The van der Waals surface area contributed by atoms with Gasteiger partial charge in [-0.05, 0) is 44.3 Å². The average molecular weight is 399 g/mol. The zero-order chi connectivity index (χ0) is 19.1. The number of thiazole rings is 1. The van der Waals surface area contributed by atoms with Crippen molar-refractivity contribution in [1.82, 2.24) is 9.88 Å². The Morgan fingerprint density at radius 3 is 2.52 bits per heavy atom. The van der Waals surface area contributed by atoms with Gasteiger partial charge in [-0.3, -0.25) is 0 Å². The third kappa shape index (κ3) is 5.34. The van der Waals surface area contributed by atoms with Gasteiger partial charge in [0.15, 0.2) is 0 Å². The van der Waals surface area contributed by atoms with E-state index in [2.05, 4.69) is 73.1 Å². The summed E-state index contributed by atoms with van der Waals surface area (Å²) in [7, 11) is 0. The van der Waals surface area contributed by atoms with Crippen LogP contribution in [-0.2, 0) is 0 Å². The third-order valence-corrected chi connectivity index (χ3v) is 6.30. The van der Waals surface area contributed by atoms with Crippen molar-refractivity contribution in [2.75, 3.05) is 26.2 Å². The highest BCUT2D eigenvalue weighted by molar-refractivity contribution is 7.99. The molecule has 0 aliphatic heterocycles. The molecule has 27 heavy (non-hydrogen) atoms. The van der Waals surface area contributed by atoms with Crippen LogP contribution in [0.5, 0.6) is 5.75 Å². The summed E-state index contributed by atoms with van der Waals surface area (Å²) in [6, 6.07) is 14.9. The number of hydrogen-bond acceptors (Lipinski definition) is 5. The highest BCUT2D eigenvalue weighted by atomic mass is 32.2. The van der Waals surface area contributed by atoms with Gasteiger partial charge in [0.1, 0.15) is 17.4 Å². The van der Waals surface area contributed by atoms with Crippen LogP contribution in [0.4, 0.5) is 0 Å². The van der Waals surface area contributed by atoms with E-state index in [9.17, 15) is 0 Å². The lowest BCUT2D eigenvalue weighted by atomic mass is 10.2. The summed E-state index contributed by atoms with van der Waals surface area (Å²) in [6.07, 6.45) is 1.85. The quantitative estimate of drug-likeness (QED) is 0.442. The second-order valence-corrected chi connectivity index (χ2v) is 8.27. The Bertz CT molecular complexity index is 828. The standard InChI is InChI=1S/C22H26N2OS2/c1-4-24(5-2)14-15-25-19-7-6-8-20(21(19)22-23-13-16-26-22)27-18-11-9-17(3)10-12-18/h6-13,16H,4-5,14-15H2,1-3H3. The first-order valence-electron chi connectivity index (χ1n) is 9.33. The van der Waals surface area contributed by atoms with Crippen LogP contribution in [-0.4, -0.2) is 36.1 Å². The molecule has 0 aliphatic carbocycles. The summed E-state index contributed by atoms with van der Waals surface area (Å²) < 4.78 is 6.20. The molecule has 1 heterocycles. The van der Waals surface area contributed by atoms with Gasteiger partial charge in [-0.25, -0.2) is 4.98 Å². The summed E-state index contributed by atoms with van der Waals surface area (Å²) in [6.45, 7) is 10.2. The number of aryl methyl sites for hydroxylation is 1. The fourth-order valence-corrected chi connectivity index (χ4v) is 4.57. The van der Waals surface area contributed by atoms with Crippen molar-refractivity contribution in [2.24, 2.45) is 0 Å². The normalized spacial score (nSPS) is 11.1. The van der Waals surface area contributed by atoms with E-state index in [1.165, 1.54) is 15.4 Å². The molecule has 0 N–H and O–H groups in total. The van der Waals surface area contributed by atoms with Crippen molar-refractivity contribution in [3.05, 3.63) is 59.6 Å². The molecule has 0 spiro atoms. The lowest BCUT2D eigenvalue weighted by molar-refractivity contribution is 0.223. The van der Waals surface area contributed by atoms with Gasteiger partial charge in [0.05, 0.1) is 5.56 Å². The van der Waals surface area contributed by atoms with Gasteiger partial charge in [0.2, 0.25) is 0 Å². The zero-order valence-corrected chi connectivity index (χ0v) is 17.8. The van der Waals surface area contributed by atoms with Gasteiger partial charge in [-0.1, -0.05) is 49.4 Å². The van der Waals surface area contributed by atoms with E-state index in [0.717, 1.165) is 36.0 Å². The fourth-order valence-electron chi connectivity index (χ4n) is 2.83. The molecular weight excluding hydrogens is 372 g/mol.